The summed E-state index contributed by atoms with van der Waals surface area (Å²) in [6.07, 6.45) is 5.39. The Morgan fingerprint density at radius 1 is 1.22 bits per heavy atom. The Labute approximate surface area is 140 Å². The Morgan fingerprint density at radius 3 is 2.52 bits per heavy atom. The minimum Gasteiger partial charge on any atom is -0.444 e. The number of hydrogen-bond donors (Lipinski definition) is 0. The highest BCUT2D eigenvalue weighted by molar-refractivity contribution is 5.83. The third kappa shape index (κ3) is 4.71. The molecule has 1 aliphatic heterocycles. The fourth-order valence-corrected chi connectivity index (χ4v) is 3.99. The molecule has 3 unspecified atom stereocenters. The largest absolute Gasteiger partial charge is 0.444 e. The number of Topliss-reactive ketones (excluding diaryl/α,β-unsaturated/α-hetero) is 1. The van der Waals surface area contributed by atoms with Gasteiger partial charge in [0.15, 0.2) is 0 Å². The van der Waals surface area contributed by atoms with Crippen molar-refractivity contribution in [3.05, 3.63) is 0 Å². The molecule has 0 N–H and O–H groups in total. The maximum absolute atomic E-state index is 12.6. The summed E-state index contributed by atoms with van der Waals surface area (Å²) >= 11 is 0. The molecule has 0 radical (unpaired) electrons. The van der Waals surface area contributed by atoms with Crippen molar-refractivity contribution in [3.63, 3.8) is 0 Å². The molecule has 2 fully saturated rings. The van der Waals surface area contributed by atoms with Crippen LogP contribution in [0.25, 0.3) is 0 Å². The molecule has 3 atom stereocenters. The highest BCUT2D eigenvalue weighted by Crippen LogP contribution is 2.37. The average molecular weight is 323 g/mol. The topological polar surface area (TPSA) is 46.6 Å². The number of amides is 1. The average Bonchev–Trinajstić information content (AvgIpc) is 2.45. The summed E-state index contributed by atoms with van der Waals surface area (Å²) in [7, 11) is 0. The first-order valence-electron chi connectivity index (χ1n) is 9.21. The van der Waals surface area contributed by atoms with Crippen molar-refractivity contribution in [3.8, 4) is 0 Å². The van der Waals surface area contributed by atoms with Crippen molar-refractivity contribution in [2.75, 3.05) is 6.54 Å². The lowest BCUT2D eigenvalue weighted by atomic mass is 9.71. The van der Waals surface area contributed by atoms with E-state index in [1.54, 1.807) is 0 Å². The van der Waals surface area contributed by atoms with Gasteiger partial charge < -0.3 is 9.64 Å². The number of carbonyl (C=O) groups is 2. The van der Waals surface area contributed by atoms with Gasteiger partial charge in [-0.1, -0.05) is 13.8 Å². The van der Waals surface area contributed by atoms with E-state index in [-0.39, 0.29) is 18.1 Å². The summed E-state index contributed by atoms with van der Waals surface area (Å²) < 4.78 is 5.58. The third-order valence-corrected chi connectivity index (χ3v) is 5.32. The van der Waals surface area contributed by atoms with E-state index in [4.69, 9.17) is 4.74 Å². The van der Waals surface area contributed by atoms with E-state index in [0.717, 1.165) is 38.6 Å². The summed E-state index contributed by atoms with van der Waals surface area (Å²) in [5, 5.41) is 0. The van der Waals surface area contributed by atoms with E-state index in [1.165, 1.54) is 0 Å². The van der Waals surface area contributed by atoms with Gasteiger partial charge in [0.05, 0.1) is 0 Å². The highest BCUT2D eigenvalue weighted by Gasteiger charge is 2.41. The smallest absolute Gasteiger partial charge is 0.410 e. The minimum absolute atomic E-state index is 0.00367. The minimum atomic E-state index is -0.490. The molecule has 132 valence electrons. The normalized spacial score (nSPS) is 29.7. The Kier molecular flexibility index (Phi) is 5.74. The second kappa shape index (κ2) is 7.23. The predicted molar refractivity (Wildman–Crippen MR) is 91.3 cm³/mol. The Hall–Kier alpha value is -1.06. The van der Waals surface area contributed by atoms with Crippen molar-refractivity contribution in [2.45, 2.75) is 84.8 Å². The summed E-state index contributed by atoms with van der Waals surface area (Å²) in [4.78, 5) is 27.0. The Bertz CT molecular complexity index is 438. The first-order valence-corrected chi connectivity index (χ1v) is 9.21. The SMILES string of the molecule is CC(C)C1CCC(=O)C(C2CCCCN2C(=O)OC(C)(C)C)C1. The zero-order chi connectivity index (χ0) is 17.2. The van der Waals surface area contributed by atoms with Gasteiger partial charge in [-0.2, -0.15) is 0 Å². The number of likely N-dealkylation sites (tertiary alicyclic amines) is 1. The van der Waals surface area contributed by atoms with Crippen LogP contribution < -0.4 is 0 Å². The molecule has 2 aliphatic rings. The van der Waals surface area contributed by atoms with Crippen molar-refractivity contribution < 1.29 is 14.3 Å². The summed E-state index contributed by atoms with van der Waals surface area (Å²) in [6, 6.07) is 0.0349. The molecule has 0 bridgehead atoms. The second-order valence-corrected chi connectivity index (χ2v) is 8.59. The highest BCUT2D eigenvalue weighted by atomic mass is 16.6. The van der Waals surface area contributed by atoms with Gasteiger partial charge in [0.2, 0.25) is 0 Å². The lowest BCUT2D eigenvalue weighted by Crippen LogP contribution is -2.52. The van der Waals surface area contributed by atoms with Crippen LogP contribution >= 0.6 is 0 Å². The van der Waals surface area contributed by atoms with Crippen molar-refractivity contribution in [1.82, 2.24) is 4.90 Å². The van der Waals surface area contributed by atoms with Gasteiger partial charge in [-0.25, -0.2) is 4.79 Å². The number of ketones is 1. The molecule has 0 aromatic rings. The third-order valence-electron chi connectivity index (χ3n) is 5.32. The molecule has 0 aromatic heterocycles. The van der Waals surface area contributed by atoms with E-state index in [2.05, 4.69) is 13.8 Å². The van der Waals surface area contributed by atoms with Crippen LogP contribution in [-0.2, 0) is 9.53 Å². The molecule has 1 amide bonds. The molecule has 2 rings (SSSR count). The first kappa shape index (κ1) is 18.3. The Morgan fingerprint density at radius 2 is 1.91 bits per heavy atom. The summed E-state index contributed by atoms with van der Waals surface area (Å²) in [5.41, 5.74) is -0.490. The van der Waals surface area contributed by atoms with Gasteiger partial charge in [0.25, 0.3) is 0 Å². The maximum Gasteiger partial charge on any atom is 0.410 e. The molecule has 0 spiro atoms. The van der Waals surface area contributed by atoms with Crippen molar-refractivity contribution >= 4 is 11.9 Å². The van der Waals surface area contributed by atoms with Crippen LogP contribution in [0.5, 0.6) is 0 Å². The van der Waals surface area contributed by atoms with Crippen molar-refractivity contribution in [2.24, 2.45) is 17.8 Å². The van der Waals surface area contributed by atoms with Gasteiger partial charge in [-0.3, -0.25) is 4.79 Å². The zero-order valence-electron chi connectivity index (χ0n) is 15.4. The van der Waals surface area contributed by atoms with Crippen molar-refractivity contribution in [1.29, 1.82) is 0 Å². The van der Waals surface area contributed by atoms with Crippen LogP contribution in [0.2, 0.25) is 0 Å². The van der Waals surface area contributed by atoms with Gasteiger partial charge in [-0.05, 0) is 64.7 Å². The molecule has 1 saturated heterocycles. The van der Waals surface area contributed by atoms with Gasteiger partial charge in [0.1, 0.15) is 11.4 Å². The van der Waals surface area contributed by atoms with E-state index in [1.807, 2.05) is 25.7 Å². The van der Waals surface area contributed by atoms with Gasteiger partial charge >= 0.3 is 6.09 Å². The molecule has 23 heavy (non-hydrogen) atoms. The quantitative estimate of drug-likeness (QED) is 0.756. The summed E-state index contributed by atoms with van der Waals surface area (Å²) in [5.74, 6) is 1.55. The number of piperidine rings is 1. The summed E-state index contributed by atoms with van der Waals surface area (Å²) in [6.45, 7) is 10.9. The fraction of sp³-hybridized carbons (Fsp3) is 0.895. The van der Waals surface area contributed by atoms with E-state index in [0.29, 0.717) is 24.0 Å². The molecular formula is C19H33NO3. The number of ether oxygens (including phenoxy) is 1. The molecule has 1 saturated carbocycles. The van der Waals surface area contributed by atoms with E-state index in [9.17, 15) is 9.59 Å². The molecular weight excluding hydrogens is 290 g/mol. The van der Waals surface area contributed by atoms with Crippen LogP contribution in [0.4, 0.5) is 4.79 Å². The number of nitrogens with zero attached hydrogens (tertiary/aromatic N) is 1. The van der Waals surface area contributed by atoms with E-state index >= 15 is 0 Å². The molecule has 1 heterocycles. The maximum atomic E-state index is 12.6. The number of carbonyl (C=O) groups excluding carboxylic acids is 2. The first-order chi connectivity index (χ1) is 10.7. The molecule has 4 nitrogen and oxygen atoms in total. The standard InChI is InChI=1S/C19H33NO3/c1-13(2)14-9-10-17(21)15(12-14)16-8-6-7-11-20(16)18(22)23-19(3,4)5/h13-16H,6-12H2,1-5H3. The van der Waals surface area contributed by atoms with Crippen LogP contribution in [0.3, 0.4) is 0 Å². The molecule has 1 aliphatic carbocycles. The lowest BCUT2D eigenvalue weighted by Gasteiger charge is -2.43. The van der Waals surface area contributed by atoms with Gasteiger partial charge in [0, 0.05) is 24.9 Å². The van der Waals surface area contributed by atoms with E-state index < -0.39 is 5.60 Å². The second-order valence-electron chi connectivity index (χ2n) is 8.59. The van der Waals surface area contributed by atoms with Gasteiger partial charge in [-0.15, -0.1) is 0 Å². The monoisotopic (exact) mass is 323 g/mol. The molecule has 4 heteroatoms. The Balaban J connectivity index is 2.13. The zero-order valence-corrected chi connectivity index (χ0v) is 15.4. The molecule has 0 aromatic carbocycles. The van der Waals surface area contributed by atoms with Crippen LogP contribution in [0.15, 0.2) is 0 Å². The lowest BCUT2D eigenvalue weighted by molar-refractivity contribution is -0.129. The number of hydrogen-bond acceptors (Lipinski definition) is 3. The van der Waals surface area contributed by atoms with Crippen LogP contribution in [0, 0.1) is 17.8 Å². The van der Waals surface area contributed by atoms with Crippen LogP contribution in [0.1, 0.15) is 73.1 Å². The van der Waals surface area contributed by atoms with Crippen LogP contribution in [-0.4, -0.2) is 35.0 Å². The number of rotatable bonds is 2. The predicted octanol–water partition coefficient (Wildman–Crippen LogP) is 4.42. The fourth-order valence-electron chi connectivity index (χ4n) is 3.99.